The lowest BCUT2D eigenvalue weighted by atomic mass is 10.1. The van der Waals surface area contributed by atoms with Crippen LogP contribution in [-0.2, 0) is 0 Å². The molecule has 1 aromatic heterocycles. The van der Waals surface area contributed by atoms with E-state index >= 15 is 0 Å². The normalized spacial score (nSPS) is 15.8. The maximum Gasteiger partial charge on any atom is 0.289 e. The molecule has 1 saturated heterocycles. The number of carbonyl (C=O) groups excluding carboxylic acids is 1. The predicted octanol–water partition coefficient (Wildman–Crippen LogP) is 2.31. The number of likely N-dealkylation sites (N-methyl/N-ethyl adjacent to an activating group) is 1. The van der Waals surface area contributed by atoms with Gasteiger partial charge in [-0.25, -0.2) is 0 Å². The largest absolute Gasteiger partial charge is 0.497 e. The molecule has 2 heterocycles. The van der Waals surface area contributed by atoms with Crippen LogP contribution in [0.4, 0.5) is 0 Å². The molecule has 0 saturated carbocycles. The van der Waals surface area contributed by atoms with Crippen LogP contribution >= 0.6 is 0 Å². The third-order valence-corrected chi connectivity index (χ3v) is 5.45. The molecule has 0 radical (unpaired) electrons. The minimum atomic E-state index is -0.0581. The number of rotatable bonds is 7. The molecule has 168 valence electrons. The molecular weight excluding hydrogens is 394 g/mol. The SMILES string of the molecule is CCNC(=NCC(c1cccc(OC)c1)N(C)C)N1CCN(C(=O)c2ccco2)CC1. The van der Waals surface area contributed by atoms with Crippen molar-refractivity contribution in [2.75, 3.05) is 60.5 Å². The number of methoxy groups -OCH3 is 1. The Morgan fingerprint density at radius 2 is 1.94 bits per heavy atom. The summed E-state index contributed by atoms with van der Waals surface area (Å²) in [6.07, 6.45) is 1.53. The zero-order valence-corrected chi connectivity index (χ0v) is 18.9. The molecule has 8 heteroatoms. The highest BCUT2D eigenvalue weighted by Gasteiger charge is 2.25. The number of nitrogens with zero attached hydrogens (tertiary/aromatic N) is 4. The highest BCUT2D eigenvalue weighted by Crippen LogP contribution is 2.23. The van der Waals surface area contributed by atoms with Crippen molar-refractivity contribution >= 4 is 11.9 Å². The number of ether oxygens (including phenoxy) is 1. The average Bonchev–Trinajstić information content (AvgIpc) is 3.33. The monoisotopic (exact) mass is 427 g/mol. The zero-order chi connectivity index (χ0) is 22.2. The summed E-state index contributed by atoms with van der Waals surface area (Å²) in [6.45, 7) is 6.20. The van der Waals surface area contributed by atoms with E-state index in [1.807, 2.05) is 17.0 Å². The first-order chi connectivity index (χ1) is 15.0. The van der Waals surface area contributed by atoms with Crippen LogP contribution in [0.2, 0.25) is 0 Å². The van der Waals surface area contributed by atoms with E-state index in [2.05, 4.69) is 48.3 Å². The minimum Gasteiger partial charge on any atom is -0.497 e. The Hall–Kier alpha value is -3.00. The van der Waals surface area contributed by atoms with Gasteiger partial charge in [0.05, 0.1) is 26.0 Å². The summed E-state index contributed by atoms with van der Waals surface area (Å²) in [5, 5.41) is 3.40. The molecule has 1 fully saturated rings. The lowest BCUT2D eigenvalue weighted by molar-refractivity contribution is 0.0657. The third-order valence-electron chi connectivity index (χ3n) is 5.45. The van der Waals surface area contributed by atoms with Gasteiger partial charge in [0.25, 0.3) is 5.91 Å². The van der Waals surface area contributed by atoms with Crippen LogP contribution in [-0.4, -0.2) is 87.0 Å². The highest BCUT2D eigenvalue weighted by atomic mass is 16.5. The number of amides is 1. The Labute approximate surface area is 184 Å². The van der Waals surface area contributed by atoms with Crippen LogP contribution in [0.3, 0.4) is 0 Å². The summed E-state index contributed by atoms with van der Waals surface area (Å²) in [4.78, 5) is 23.7. The fraction of sp³-hybridized carbons (Fsp3) is 0.478. The van der Waals surface area contributed by atoms with Crippen LogP contribution in [0, 0.1) is 0 Å². The first-order valence-corrected chi connectivity index (χ1v) is 10.7. The Morgan fingerprint density at radius 1 is 1.19 bits per heavy atom. The van der Waals surface area contributed by atoms with E-state index < -0.39 is 0 Å². The van der Waals surface area contributed by atoms with Gasteiger partial charge in [-0.3, -0.25) is 9.79 Å². The Bertz CT molecular complexity index is 858. The quantitative estimate of drug-likeness (QED) is 0.540. The molecule has 1 atom stereocenters. The standard InChI is InChI=1S/C23H33N5O3/c1-5-24-23(25-17-20(26(2)3)18-8-6-9-19(16-18)30-4)28-13-11-27(12-14-28)22(29)21-10-7-15-31-21/h6-10,15-16,20H,5,11-14,17H2,1-4H3,(H,24,25). The highest BCUT2D eigenvalue weighted by molar-refractivity contribution is 5.91. The number of aliphatic imine (C=N–C) groups is 1. The summed E-state index contributed by atoms with van der Waals surface area (Å²) in [7, 11) is 5.80. The van der Waals surface area contributed by atoms with E-state index in [-0.39, 0.29) is 11.9 Å². The first-order valence-electron chi connectivity index (χ1n) is 10.7. The van der Waals surface area contributed by atoms with Gasteiger partial charge in [0.15, 0.2) is 11.7 Å². The van der Waals surface area contributed by atoms with Gasteiger partial charge < -0.3 is 29.2 Å². The molecule has 0 spiro atoms. The Kier molecular flexibility index (Phi) is 7.94. The molecule has 2 aromatic rings. The molecule has 0 aliphatic carbocycles. The molecule has 31 heavy (non-hydrogen) atoms. The minimum absolute atomic E-state index is 0.0581. The summed E-state index contributed by atoms with van der Waals surface area (Å²) < 4.78 is 10.6. The second-order valence-electron chi connectivity index (χ2n) is 7.71. The molecule has 1 unspecified atom stereocenters. The topological polar surface area (TPSA) is 73.6 Å². The smallest absolute Gasteiger partial charge is 0.289 e. The molecule has 8 nitrogen and oxygen atoms in total. The van der Waals surface area contributed by atoms with E-state index in [1.54, 1.807) is 19.2 Å². The lowest BCUT2D eigenvalue weighted by Gasteiger charge is -2.36. The van der Waals surface area contributed by atoms with Crippen LogP contribution < -0.4 is 10.1 Å². The average molecular weight is 428 g/mol. The number of carbonyl (C=O) groups is 1. The summed E-state index contributed by atoms with van der Waals surface area (Å²) in [5.41, 5.74) is 1.16. The number of furan rings is 1. The molecule has 1 amide bonds. The van der Waals surface area contributed by atoms with Crippen molar-refractivity contribution in [1.29, 1.82) is 0 Å². The number of piperazine rings is 1. The number of hydrogen-bond donors (Lipinski definition) is 1. The number of benzene rings is 1. The van der Waals surface area contributed by atoms with E-state index in [0.717, 1.165) is 36.9 Å². The maximum atomic E-state index is 12.5. The number of nitrogens with one attached hydrogen (secondary N) is 1. The predicted molar refractivity (Wildman–Crippen MR) is 122 cm³/mol. The Balaban J connectivity index is 1.67. The zero-order valence-electron chi connectivity index (χ0n) is 18.9. The second kappa shape index (κ2) is 10.9. The van der Waals surface area contributed by atoms with Gasteiger partial charge in [0.2, 0.25) is 0 Å². The van der Waals surface area contributed by atoms with Crippen LogP contribution in [0.5, 0.6) is 5.75 Å². The van der Waals surface area contributed by atoms with Gasteiger partial charge in [-0.1, -0.05) is 12.1 Å². The van der Waals surface area contributed by atoms with Crippen molar-refractivity contribution in [1.82, 2.24) is 20.0 Å². The molecule has 1 N–H and O–H groups in total. The van der Waals surface area contributed by atoms with E-state index in [4.69, 9.17) is 14.1 Å². The number of hydrogen-bond acceptors (Lipinski definition) is 5. The van der Waals surface area contributed by atoms with Gasteiger partial charge in [-0.05, 0) is 50.8 Å². The molecule has 1 aromatic carbocycles. The van der Waals surface area contributed by atoms with Crippen molar-refractivity contribution in [2.24, 2.45) is 4.99 Å². The molecule has 1 aliphatic heterocycles. The van der Waals surface area contributed by atoms with E-state index in [0.29, 0.717) is 25.4 Å². The second-order valence-corrected chi connectivity index (χ2v) is 7.71. The Morgan fingerprint density at radius 3 is 2.55 bits per heavy atom. The molecule has 1 aliphatic rings. The third kappa shape index (κ3) is 5.79. The van der Waals surface area contributed by atoms with Gasteiger partial charge in [0.1, 0.15) is 5.75 Å². The summed E-state index contributed by atoms with van der Waals surface area (Å²) >= 11 is 0. The molecule has 3 rings (SSSR count). The van der Waals surface area contributed by atoms with Crippen LogP contribution in [0.25, 0.3) is 0 Å². The van der Waals surface area contributed by atoms with Crippen molar-refractivity contribution in [3.63, 3.8) is 0 Å². The summed E-state index contributed by atoms with van der Waals surface area (Å²) in [6, 6.07) is 11.7. The van der Waals surface area contributed by atoms with Crippen molar-refractivity contribution in [3.05, 3.63) is 54.0 Å². The van der Waals surface area contributed by atoms with Crippen molar-refractivity contribution in [3.8, 4) is 5.75 Å². The first kappa shape index (κ1) is 22.7. The van der Waals surface area contributed by atoms with Crippen molar-refractivity contribution in [2.45, 2.75) is 13.0 Å². The van der Waals surface area contributed by atoms with Gasteiger partial charge in [-0.2, -0.15) is 0 Å². The fourth-order valence-electron chi connectivity index (χ4n) is 3.69. The number of guanidine groups is 1. The van der Waals surface area contributed by atoms with Gasteiger partial charge in [-0.15, -0.1) is 0 Å². The van der Waals surface area contributed by atoms with Crippen molar-refractivity contribution < 1.29 is 13.9 Å². The van der Waals surface area contributed by atoms with Crippen LogP contribution in [0.1, 0.15) is 29.1 Å². The lowest BCUT2D eigenvalue weighted by Crippen LogP contribution is -2.53. The van der Waals surface area contributed by atoms with E-state index in [1.165, 1.54) is 6.26 Å². The molecule has 0 bridgehead atoms. The van der Waals surface area contributed by atoms with Gasteiger partial charge in [0, 0.05) is 32.7 Å². The molecular formula is C23H33N5O3. The van der Waals surface area contributed by atoms with Crippen LogP contribution in [0.15, 0.2) is 52.1 Å². The van der Waals surface area contributed by atoms with Gasteiger partial charge >= 0.3 is 0 Å². The fourth-order valence-corrected chi connectivity index (χ4v) is 3.69. The van der Waals surface area contributed by atoms with E-state index in [9.17, 15) is 4.79 Å². The summed E-state index contributed by atoms with van der Waals surface area (Å²) in [5.74, 6) is 2.05. The maximum absolute atomic E-state index is 12.5.